The maximum Gasteiger partial charge on any atom is 0.223 e. The Kier molecular flexibility index (Phi) is 7.83. The minimum atomic E-state index is -0.183. The van der Waals surface area contributed by atoms with E-state index in [1.54, 1.807) is 12.1 Å². The molecule has 0 radical (unpaired) electrons. The predicted octanol–water partition coefficient (Wildman–Crippen LogP) is 3.07. The van der Waals surface area contributed by atoms with Crippen molar-refractivity contribution in [3.63, 3.8) is 0 Å². The van der Waals surface area contributed by atoms with Crippen LogP contribution < -0.4 is 10.6 Å². The summed E-state index contributed by atoms with van der Waals surface area (Å²) in [6, 6.07) is 7.50. The average Bonchev–Trinajstić information content (AvgIpc) is 2.46. The largest absolute Gasteiger partial charge is 0.353 e. The van der Waals surface area contributed by atoms with Gasteiger partial charge in [-0.15, -0.1) is 12.4 Å². The third-order valence-electron chi connectivity index (χ3n) is 4.22. The fraction of sp³-hybridized carbons (Fsp3) is 0.588. The number of carbonyl (C=O) groups excluding carboxylic acids is 1. The van der Waals surface area contributed by atoms with Gasteiger partial charge in [0.2, 0.25) is 5.91 Å². The highest BCUT2D eigenvalue weighted by Crippen LogP contribution is 2.14. The Bertz CT molecular complexity index is 483. The lowest BCUT2D eigenvalue weighted by molar-refractivity contribution is -0.125. The Balaban J connectivity index is 0.00000242. The van der Waals surface area contributed by atoms with Crippen LogP contribution in [0.4, 0.5) is 4.39 Å². The molecule has 5 heteroatoms. The Morgan fingerprint density at radius 1 is 1.45 bits per heavy atom. The second kappa shape index (κ2) is 9.11. The molecular weight excluding hydrogens is 303 g/mol. The van der Waals surface area contributed by atoms with E-state index in [2.05, 4.69) is 17.6 Å². The van der Waals surface area contributed by atoms with Crippen molar-refractivity contribution in [3.8, 4) is 0 Å². The number of piperidine rings is 1. The molecule has 1 heterocycles. The first-order chi connectivity index (χ1) is 10.1. The molecule has 3 atom stereocenters. The van der Waals surface area contributed by atoms with Crippen LogP contribution in [0.3, 0.4) is 0 Å². The average molecular weight is 329 g/mol. The highest BCUT2D eigenvalue weighted by Gasteiger charge is 2.22. The number of rotatable bonds is 5. The number of nitrogens with one attached hydrogen (secondary N) is 2. The first kappa shape index (κ1) is 18.9. The summed E-state index contributed by atoms with van der Waals surface area (Å²) in [5.41, 5.74) is 0.688. The number of carbonyl (C=O) groups is 1. The number of benzene rings is 1. The number of hydrogen-bond donors (Lipinski definition) is 2. The molecule has 1 fully saturated rings. The van der Waals surface area contributed by atoms with E-state index in [1.165, 1.54) is 6.07 Å². The van der Waals surface area contributed by atoms with Crippen molar-refractivity contribution in [2.45, 2.75) is 51.6 Å². The lowest BCUT2D eigenvalue weighted by Crippen LogP contribution is -2.47. The maximum atomic E-state index is 13.5. The normalized spacial score (nSPS) is 22.5. The van der Waals surface area contributed by atoms with Gasteiger partial charge in [0, 0.05) is 18.0 Å². The summed E-state index contributed by atoms with van der Waals surface area (Å²) >= 11 is 0. The number of amides is 1. The minimum Gasteiger partial charge on any atom is -0.353 e. The molecular formula is C17H26ClFN2O. The van der Waals surface area contributed by atoms with Gasteiger partial charge in [0.1, 0.15) is 5.82 Å². The molecule has 1 aromatic rings. The van der Waals surface area contributed by atoms with E-state index in [9.17, 15) is 9.18 Å². The van der Waals surface area contributed by atoms with E-state index in [-0.39, 0.29) is 36.1 Å². The number of hydrogen-bond acceptors (Lipinski definition) is 2. The molecule has 3 unspecified atom stereocenters. The summed E-state index contributed by atoms with van der Waals surface area (Å²) in [5.74, 6) is -0.183. The molecule has 124 valence electrons. The second-order valence-electron chi connectivity index (χ2n) is 6.12. The quantitative estimate of drug-likeness (QED) is 0.872. The smallest absolute Gasteiger partial charge is 0.223 e. The third-order valence-corrected chi connectivity index (χ3v) is 4.22. The van der Waals surface area contributed by atoms with Crippen molar-refractivity contribution in [1.29, 1.82) is 0 Å². The Morgan fingerprint density at radius 2 is 2.18 bits per heavy atom. The predicted molar refractivity (Wildman–Crippen MR) is 89.8 cm³/mol. The van der Waals surface area contributed by atoms with Crippen LogP contribution in [0.15, 0.2) is 24.3 Å². The SMILES string of the molecule is CC1CC(NC(=O)C(C)CCc2ccccc2F)CCN1.Cl. The fourth-order valence-corrected chi connectivity index (χ4v) is 2.81. The molecule has 3 nitrogen and oxygen atoms in total. The van der Waals surface area contributed by atoms with E-state index in [0.29, 0.717) is 24.4 Å². The molecule has 0 aliphatic carbocycles. The van der Waals surface area contributed by atoms with Crippen molar-refractivity contribution < 1.29 is 9.18 Å². The Labute approximate surface area is 138 Å². The van der Waals surface area contributed by atoms with Gasteiger partial charge in [-0.3, -0.25) is 4.79 Å². The Hall–Kier alpha value is -1.13. The monoisotopic (exact) mass is 328 g/mol. The Morgan fingerprint density at radius 3 is 2.86 bits per heavy atom. The molecule has 2 rings (SSSR count). The van der Waals surface area contributed by atoms with E-state index >= 15 is 0 Å². The van der Waals surface area contributed by atoms with E-state index in [4.69, 9.17) is 0 Å². The summed E-state index contributed by atoms with van der Waals surface area (Å²) < 4.78 is 13.5. The number of aryl methyl sites for hydroxylation is 1. The zero-order valence-corrected chi connectivity index (χ0v) is 14.1. The summed E-state index contributed by atoms with van der Waals surface area (Å²) in [4.78, 5) is 12.2. The standard InChI is InChI=1S/C17H25FN2O.ClH/c1-12(7-8-14-5-3-4-6-16(14)18)17(21)20-15-9-10-19-13(2)11-15;/h3-6,12-13,15,19H,7-11H2,1-2H3,(H,20,21);1H. The molecule has 1 amide bonds. The maximum absolute atomic E-state index is 13.5. The van der Waals surface area contributed by atoms with Gasteiger partial charge in [-0.05, 0) is 50.8 Å². The topological polar surface area (TPSA) is 41.1 Å². The van der Waals surface area contributed by atoms with E-state index < -0.39 is 0 Å². The highest BCUT2D eigenvalue weighted by atomic mass is 35.5. The third kappa shape index (κ3) is 5.58. The molecule has 2 N–H and O–H groups in total. The van der Waals surface area contributed by atoms with Crippen molar-refractivity contribution in [3.05, 3.63) is 35.6 Å². The molecule has 0 aromatic heterocycles. The first-order valence-electron chi connectivity index (χ1n) is 7.83. The van der Waals surface area contributed by atoms with Crippen LogP contribution in [-0.2, 0) is 11.2 Å². The van der Waals surface area contributed by atoms with Gasteiger partial charge in [-0.1, -0.05) is 25.1 Å². The van der Waals surface area contributed by atoms with Crippen LogP contribution in [0.25, 0.3) is 0 Å². The molecule has 0 saturated carbocycles. The van der Waals surface area contributed by atoms with Crippen LogP contribution in [0, 0.1) is 11.7 Å². The van der Waals surface area contributed by atoms with Gasteiger partial charge in [-0.2, -0.15) is 0 Å². The van der Waals surface area contributed by atoms with Crippen molar-refractivity contribution >= 4 is 18.3 Å². The van der Waals surface area contributed by atoms with Gasteiger partial charge in [0.15, 0.2) is 0 Å². The first-order valence-corrected chi connectivity index (χ1v) is 7.83. The highest BCUT2D eigenvalue weighted by molar-refractivity contribution is 5.85. The zero-order chi connectivity index (χ0) is 15.2. The molecule has 1 saturated heterocycles. The second-order valence-corrected chi connectivity index (χ2v) is 6.12. The summed E-state index contributed by atoms with van der Waals surface area (Å²) in [7, 11) is 0. The van der Waals surface area contributed by atoms with Crippen LogP contribution >= 0.6 is 12.4 Å². The fourth-order valence-electron chi connectivity index (χ4n) is 2.81. The van der Waals surface area contributed by atoms with Crippen LogP contribution in [0.1, 0.15) is 38.7 Å². The van der Waals surface area contributed by atoms with Gasteiger partial charge in [-0.25, -0.2) is 4.39 Å². The molecule has 22 heavy (non-hydrogen) atoms. The van der Waals surface area contributed by atoms with Gasteiger partial charge in [0.05, 0.1) is 0 Å². The zero-order valence-electron chi connectivity index (χ0n) is 13.3. The molecule has 1 aromatic carbocycles. The minimum absolute atomic E-state index is 0. The van der Waals surface area contributed by atoms with Crippen LogP contribution in [-0.4, -0.2) is 24.5 Å². The van der Waals surface area contributed by atoms with Crippen molar-refractivity contribution in [1.82, 2.24) is 10.6 Å². The van der Waals surface area contributed by atoms with Gasteiger partial charge in [0.25, 0.3) is 0 Å². The molecule has 1 aliphatic heterocycles. The molecule has 0 spiro atoms. The van der Waals surface area contributed by atoms with Gasteiger partial charge >= 0.3 is 0 Å². The summed E-state index contributed by atoms with van der Waals surface area (Å²) in [5, 5.41) is 6.50. The molecule has 0 bridgehead atoms. The van der Waals surface area contributed by atoms with Crippen LogP contribution in [0.2, 0.25) is 0 Å². The van der Waals surface area contributed by atoms with Crippen molar-refractivity contribution in [2.75, 3.05) is 6.54 Å². The van der Waals surface area contributed by atoms with Gasteiger partial charge < -0.3 is 10.6 Å². The summed E-state index contributed by atoms with van der Waals surface area (Å²) in [6.45, 7) is 5.01. The molecule has 1 aliphatic rings. The van der Waals surface area contributed by atoms with Crippen LogP contribution in [0.5, 0.6) is 0 Å². The summed E-state index contributed by atoms with van der Waals surface area (Å²) in [6.07, 6.45) is 3.24. The van der Waals surface area contributed by atoms with Crippen molar-refractivity contribution in [2.24, 2.45) is 5.92 Å². The van der Waals surface area contributed by atoms with E-state index in [1.807, 2.05) is 13.0 Å². The van der Waals surface area contributed by atoms with E-state index in [0.717, 1.165) is 19.4 Å². The lowest BCUT2D eigenvalue weighted by Gasteiger charge is -2.29. The number of halogens is 2. The lowest BCUT2D eigenvalue weighted by atomic mass is 9.97.